The van der Waals surface area contributed by atoms with Gasteiger partial charge in [0, 0.05) is 29.0 Å². The number of hydrogen-bond acceptors (Lipinski definition) is 2. The molecule has 0 atom stereocenters. The van der Waals surface area contributed by atoms with E-state index >= 15 is 0 Å². The van der Waals surface area contributed by atoms with Crippen LogP contribution in [-0.4, -0.2) is 29.9 Å². The Balaban J connectivity index is 1.52. The number of fused-ring (bicyclic) bond motifs is 1. The Hall–Kier alpha value is -2.27. The topological polar surface area (TPSA) is 54.1 Å². The molecule has 0 radical (unpaired) electrons. The minimum absolute atomic E-state index is 0.0397. The smallest absolute Gasteiger partial charge is 0.224 e. The van der Waals surface area contributed by atoms with Gasteiger partial charge in [-0.25, -0.2) is 0 Å². The molecule has 0 bridgehead atoms. The Morgan fingerprint density at radius 1 is 1.12 bits per heavy atom. The van der Waals surface area contributed by atoms with E-state index in [4.69, 9.17) is 4.74 Å². The van der Waals surface area contributed by atoms with Crippen LogP contribution >= 0.6 is 15.9 Å². The van der Waals surface area contributed by atoms with Gasteiger partial charge >= 0.3 is 0 Å². The maximum Gasteiger partial charge on any atom is 0.224 e. The van der Waals surface area contributed by atoms with Gasteiger partial charge in [-0.05, 0) is 53.8 Å². The number of alkyl halides is 1. The molecule has 0 spiro atoms. The number of H-pyrrole nitrogens is 1. The summed E-state index contributed by atoms with van der Waals surface area (Å²) in [7, 11) is 1.63. The lowest BCUT2D eigenvalue weighted by atomic mass is 10.1. The zero-order chi connectivity index (χ0) is 18.4. The summed E-state index contributed by atoms with van der Waals surface area (Å²) in [5.41, 5.74) is 4.70. The molecule has 0 fully saturated rings. The SMILES string of the molecule is COc1ccc(CC(=O)NCCc2ccc3[nH]cc(CCBr)c3c2)cc1. The molecule has 0 saturated carbocycles. The van der Waals surface area contributed by atoms with Crippen molar-refractivity contribution in [2.45, 2.75) is 19.3 Å². The number of nitrogens with one attached hydrogen (secondary N) is 2. The van der Waals surface area contributed by atoms with Crippen LogP contribution in [0.4, 0.5) is 0 Å². The Bertz CT molecular complexity index is 871. The first-order chi connectivity index (χ1) is 12.7. The van der Waals surface area contributed by atoms with E-state index in [1.54, 1.807) is 7.11 Å². The summed E-state index contributed by atoms with van der Waals surface area (Å²) in [5.74, 6) is 0.839. The molecule has 2 aromatic carbocycles. The van der Waals surface area contributed by atoms with Crippen molar-refractivity contribution in [3.05, 3.63) is 65.4 Å². The molecule has 0 aliphatic carbocycles. The van der Waals surface area contributed by atoms with E-state index < -0.39 is 0 Å². The second-order valence-corrected chi connectivity index (χ2v) is 7.05. The number of carbonyl (C=O) groups excluding carboxylic acids is 1. The van der Waals surface area contributed by atoms with Crippen LogP contribution in [0.2, 0.25) is 0 Å². The molecule has 1 amide bonds. The third-order valence-corrected chi connectivity index (χ3v) is 4.85. The van der Waals surface area contributed by atoms with Gasteiger partial charge in [0.2, 0.25) is 5.91 Å². The van der Waals surface area contributed by atoms with Gasteiger partial charge in [0.05, 0.1) is 13.5 Å². The number of hydrogen-bond donors (Lipinski definition) is 2. The van der Waals surface area contributed by atoms with Gasteiger partial charge in [-0.2, -0.15) is 0 Å². The number of halogens is 1. The van der Waals surface area contributed by atoms with E-state index in [9.17, 15) is 4.79 Å². The van der Waals surface area contributed by atoms with Crippen LogP contribution in [0.25, 0.3) is 10.9 Å². The van der Waals surface area contributed by atoms with E-state index in [-0.39, 0.29) is 5.91 Å². The standard InChI is InChI=1S/C21H23BrN2O2/c1-26-18-5-2-15(3-6-18)13-21(25)23-11-9-16-4-7-20-19(12-16)17(8-10-22)14-24-20/h2-7,12,14,24H,8-11,13H2,1H3,(H,23,25). The minimum atomic E-state index is 0.0397. The van der Waals surface area contributed by atoms with Gasteiger partial charge in [-0.1, -0.05) is 34.1 Å². The maximum atomic E-state index is 12.1. The highest BCUT2D eigenvalue weighted by Crippen LogP contribution is 2.21. The average Bonchev–Trinajstić information content (AvgIpc) is 3.05. The predicted molar refractivity (Wildman–Crippen MR) is 109 cm³/mol. The number of rotatable bonds is 8. The molecular formula is C21H23BrN2O2. The van der Waals surface area contributed by atoms with Gasteiger partial charge in [0.25, 0.3) is 0 Å². The lowest BCUT2D eigenvalue weighted by Gasteiger charge is -2.07. The second kappa shape index (κ2) is 8.90. The quantitative estimate of drug-likeness (QED) is 0.547. The van der Waals surface area contributed by atoms with Crippen LogP contribution in [0.15, 0.2) is 48.7 Å². The number of amides is 1. The number of aromatic nitrogens is 1. The lowest BCUT2D eigenvalue weighted by Crippen LogP contribution is -2.27. The van der Waals surface area contributed by atoms with Crippen LogP contribution in [0, 0.1) is 0 Å². The number of carbonyl (C=O) groups is 1. The van der Waals surface area contributed by atoms with Crippen molar-refractivity contribution < 1.29 is 9.53 Å². The molecule has 0 aliphatic rings. The summed E-state index contributed by atoms with van der Waals surface area (Å²) >= 11 is 3.50. The maximum absolute atomic E-state index is 12.1. The van der Waals surface area contributed by atoms with E-state index in [1.807, 2.05) is 24.3 Å². The summed E-state index contributed by atoms with van der Waals surface area (Å²) in [6.45, 7) is 0.638. The normalized spacial score (nSPS) is 10.8. The Morgan fingerprint density at radius 3 is 2.62 bits per heavy atom. The molecule has 0 aliphatic heterocycles. The fourth-order valence-electron chi connectivity index (χ4n) is 3.03. The van der Waals surface area contributed by atoms with Crippen LogP contribution in [0.3, 0.4) is 0 Å². The molecule has 3 rings (SSSR count). The number of aryl methyl sites for hydroxylation is 1. The van der Waals surface area contributed by atoms with E-state index in [1.165, 1.54) is 16.5 Å². The van der Waals surface area contributed by atoms with Gasteiger partial charge < -0.3 is 15.0 Å². The summed E-state index contributed by atoms with van der Waals surface area (Å²) in [5, 5.41) is 5.22. The Morgan fingerprint density at radius 2 is 1.88 bits per heavy atom. The Labute approximate surface area is 162 Å². The summed E-state index contributed by atoms with van der Waals surface area (Å²) in [6, 6.07) is 14.0. The first-order valence-electron chi connectivity index (χ1n) is 8.74. The molecule has 3 aromatic rings. The van der Waals surface area contributed by atoms with Crippen molar-refractivity contribution >= 4 is 32.7 Å². The third-order valence-electron chi connectivity index (χ3n) is 4.46. The van der Waals surface area contributed by atoms with E-state index in [0.717, 1.165) is 35.0 Å². The largest absolute Gasteiger partial charge is 0.497 e. The molecule has 0 unspecified atom stereocenters. The molecule has 2 N–H and O–H groups in total. The third kappa shape index (κ3) is 4.67. The Kier molecular flexibility index (Phi) is 6.34. The van der Waals surface area contributed by atoms with Crippen molar-refractivity contribution in [3.8, 4) is 5.75 Å². The number of methoxy groups -OCH3 is 1. The summed E-state index contributed by atoms with van der Waals surface area (Å²) in [6.07, 6.45) is 4.29. The highest BCUT2D eigenvalue weighted by atomic mass is 79.9. The zero-order valence-electron chi connectivity index (χ0n) is 14.8. The van der Waals surface area contributed by atoms with Crippen LogP contribution < -0.4 is 10.1 Å². The molecular weight excluding hydrogens is 392 g/mol. The first kappa shape index (κ1) is 18.5. The zero-order valence-corrected chi connectivity index (χ0v) is 16.4. The van der Waals surface area contributed by atoms with Crippen molar-refractivity contribution in [2.24, 2.45) is 0 Å². The molecule has 1 aromatic heterocycles. The fraction of sp³-hybridized carbons (Fsp3) is 0.286. The van der Waals surface area contributed by atoms with E-state index in [2.05, 4.69) is 50.6 Å². The monoisotopic (exact) mass is 414 g/mol. The minimum Gasteiger partial charge on any atom is -0.497 e. The van der Waals surface area contributed by atoms with Crippen LogP contribution in [0.1, 0.15) is 16.7 Å². The predicted octanol–water partition coefficient (Wildman–Crippen LogP) is 4.02. The van der Waals surface area contributed by atoms with Gasteiger partial charge in [-0.15, -0.1) is 0 Å². The van der Waals surface area contributed by atoms with E-state index in [0.29, 0.717) is 13.0 Å². The number of ether oxygens (including phenoxy) is 1. The molecule has 5 heteroatoms. The molecule has 26 heavy (non-hydrogen) atoms. The fourth-order valence-corrected chi connectivity index (χ4v) is 3.45. The van der Waals surface area contributed by atoms with Gasteiger partial charge in [0.15, 0.2) is 0 Å². The molecule has 4 nitrogen and oxygen atoms in total. The highest BCUT2D eigenvalue weighted by molar-refractivity contribution is 9.09. The lowest BCUT2D eigenvalue weighted by molar-refractivity contribution is -0.120. The average molecular weight is 415 g/mol. The first-order valence-corrected chi connectivity index (χ1v) is 9.86. The summed E-state index contributed by atoms with van der Waals surface area (Å²) < 4.78 is 5.13. The van der Waals surface area contributed by atoms with Crippen LogP contribution in [0.5, 0.6) is 5.75 Å². The summed E-state index contributed by atoms with van der Waals surface area (Å²) in [4.78, 5) is 15.4. The van der Waals surface area contributed by atoms with Crippen molar-refractivity contribution in [2.75, 3.05) is 19.0 Å². The molecule has 136 valence electrons. The second-order valence-electron chi connectivity index (χ2n) is 6.26. The number of aromatic amines is 1. The van der Waals surface area contributed by atoms with Gasteiger partial charge in [0.1, 0.15) is 5.75 Å². The van der Waals surface area contributed by atoms with Crippen LogP contribution in [-0.2, 0) is 24.1 Å². The molecule has 1 heterocycles. The van der Waals surface area contributed by atoms with Crippen molar-refractivity contribution in [1.82, 2.24) is 10.3 Å². The highest BCUT2D eigenvalue weighted by Gasteiger charge is 2.06. The van der Waals surface area contributed by atoms with Crippen molar-refractivity contribution in [3.63, 3.8) is 0 Å². The van der Waals surface area contributed by atoms with Crippen molar-refractivity contribution in [1.29, 1.82) is 0 Å². The van der Waals surface area contributed by atoms with Gasteiger partial charge in [-0.3, -0.25) is 4.79 Å². The molecule has 0 saturated heterocycles. The number of benzene rings is 2.